The minimum Gasteiger partial charge on any atom is -0.399 e. The number of nitrogens with two attached hydrogens (primary N) is 4. The summed E-state index contributed by atoms with van der Waals surface area (Å²) >= 11 is 11.3. The Morgan fingerprint density at radius 3 is 1.22 bits per heavy atom. The summed E-state index contributed by atoms with van der Waals surface area (Å²) in [6.45, 7) is 0. The monoisotopic (exact) mass is 1200 g/mol. The van der Waals surface area contributed by atoms with Gasteiger partial charge in [0, 0.05) is 54.6 Å². The number of aromatic nitrogens is 3. The molecule has 0 radical (unpaired) electrons. The largest absolute Gasteiger partial charge is 0.399 e. The van der Waals surface area contributed by atoms with E-state index in [0.29, 0.717) is 65.5 Å². The Kier molecular flexibility index (Phi) is 15.5. The second kappa shape index (κ2) is 22.8. The molecule has 0 unspecified atom stereocenters. The van der Waals surface area contributed by atoms with Crippen molar-refractivity contribution in [3.63, 3.8) is 0 Å². The van der Waals surface area contributed by atoms with E-state index >= 15 is 8.42 Å². The van der Waals surface area contributed by atoms with Crippen LogP contribution in [0.1, 0.15) is 0 Å². The molecular formula is C57H45Br2N11O2S4. The Labute approximate surface area is 468 Å². The van der Waals surface area contributed by atoms with Crippen LogP contribution in [0, 0.1) is 0 Å². The molecule has 13 nitrogen and oxygen atoms in total. The van der Waals surface area contributed by atoms with Crippen molar-refractivity contribution in [2.45, 2.75) is 9.79 Å². The molecule has 19 heteroatoms. The smallest absolute Gasteiger partial charge is 0.210 e. The maximum atomic E-state index is 16.6. The van der Waals surface area contributed by atoms with Crippen LogP contribution >= 0.6 is 65.9 Å². The molecule has 8 aromatic carbocycles. The van der Waals surface area contributed by atoms with Crippen LogP contribution in [0.2, 0.25) is 0 Å². The summed E-state index contributed by atoms with van der Waals surface area (Å²) in [6.07, 6.45) is 1.77. The quantitative estimate of drug-likeness (QED) is 0.0561. The van der Waals surface area contributed by atoms with E-state index in [9.17, 15) is 0 Å². The standard InChI is InChI=1S/C54H42Br2N10O2S3.C3H3NS/c55-37-17-11-33(12-18-37)35-15-29-45(65(43-25-21-39(57)22-26-43)51-49(59)63-53(69-51)61-41-7-3-1-4-8-41)47(31-35)71(67,68)48-32-36(34-13-19-38(56)20-14-34)16-30-46(48)66(44-27-23-40(58)24-28-44)52-50(60)64-54(70-52)62-42-9-5-2-6-10-42;1-2-5-3-4-1/h1-32H,57-60H2,(H,61,63)(H,62,64);1-3H. The van der Waals surface area contributed by atoms with Crippen LogP contribution in [-0.4, -0.2) is 23.4 Å². The number of nitrogens with one attached hydrogen (secondary N) is 2. The second-order valence-electron chi connectivity index (χ2n) is 16.8. The van der Waals surface area contributed by atoms with Crippen LogP contribution in [0.25, 0.3) is 22.3 Å². The number of thiazole rings is 3. The summed E-state index contributed by atoms with van der Waals surface area (Å²) in [4.78, 5) is 16.8. The molecule has 3 heterocycles. The lowest BCUT2D eigenvalue weighted by molar-refractivity contribution is 0.596. The van der Waals surface area contributed by atoms with Crippen molar-refractivity contribution in [2.24, 2.45) is 0 Å². The van der Waals surface area contributed by atoms with Gasteiger partial charge in [0.1, 0.15) is 10.0 Å². The number of halogens is 2. The third-order valence-corrected chi connectivity index (χ3v) is 17.0. The van der Waals surface area contributed by atoms with Crippen molar-refractivity contribution in [3.05, 3.63) is 220 Å². The highest BCUT2D eigenvalue weighted by Crippen LogP contribution is 2.51. The SMILES string of the molecule is Nc1ccc(N(c2ccc(-c3ccc(Br)cc3)cc2S(=O)(=O)c2cc(-c3ccc(Br)cc3)ccc2N(c2ccc(N)cc2)c2sc(Nc3ccccc3)nc2N)c2sc(Nc3ccccc3)nc2N)cc1.c1cscn1. The van der Waals surface area contributed by atoms with E-state index in [0.717, 1.165) is 31.4 Å². The number of anilines is 14. The minimum absolute atomic E-state index is 0.0183. The average Bonchev–Trinajstić information content (AvgIpc) is 4.23. The molecule has 0 aliphatic carbocycles. The molecule has 0 amide bonds. The third kappa shape index (κ3) is 11.6. The summed E-state index contributed by atoms with van der Waals surface area (Å²) < 4.78 is 35.0. The number of hydrogen-bond acceptors (Lipinski definition) is 16. The molecule has 0 saturated carbocycles. The number of sulfone groups is 1. The summed E-state index contributed by atoms with van der Waals surface area (Å²) in [5.41, 5.74) is 35.4. The van der Waals surface area contributed by atoms with Crippen molar-refractivity contribution >= 4 is 153 Å². The first-order chi connectivity index (χ1) is 36.9. The van der Waals surface area contributed by atoms with Gasteiger partial charge in [-0.25, -0.2) is 18.4 Å². The van der Waals surface area contributed by atoms with E-state index in [1.165, 1.54) is 22.7 Å². The van der Waals surface area contributed by atoms with Gasteiger partial charge in [-0.1, -0.05) is 127 Å². The van der Waals surface area contributed by atoms with Gasteiger partial charge in [0.25, 0.3) is 0 Å². The van der Waals surface area contributed by atoms with E-state index < -0.39 is 9.84 Å². The molecule has 0 bridgehead atoms. The third-order valence-electron chi connectivity index (χ3n) is 11.7. The molecule has 76 heavy (non-hydrogen) atoms. The number of hydrogen-bond donors (Lipinski definition) is 6. The lowest BCUT2D eigenvalue weighted by Crippen LogP contribution is -2.18. The molecule has 0 atom stereocenters. The number of benzene rings is 8. The second-order valence-corrected chi connectivity index (χ2v) is 23.2. The lowest BCUT2D eigenvalue weighted by Gasteiger charge is -2.29. The van der Waals surface area contributed by atoms with Crippen molar-refractivity contribution < 1.29 is 8.42 Å². The summed E-state index contributed by atoms with van der Waals surface area (Å²) in [6, 6.07) is 59.9. The van der Waals surface area contributed by atoms with Crippen molar-refractivity contribution in [3.8, 4) is 22.3 Å². The van der Waals surface area contributed by atoms with Crippen molar-refractivity contribution in [1.82, 2.24) is 15.0 Å². The zero-order valence-electron chi connectivity index (χ0n) is 40.0. The molecule has 11 rings (SSSR count). The van der Waals surface area contributed by atoms with E-state index in [1.54, 1.807) is 59.4 Å². The molecule has 10 N–H and O–H groups in total. The van der Waals surface area contributed by atoms with Gasteiger partial charge in [0.05, 0.1) is 26.7 Å². The van der Waals surface area contributed by atoms with Crippen LogP contribution in [-0.2, 0) is 9.84 Å². The van der Waals surface area contributed by atoms with Gasteiger partial charge in [-0.2, -0.15) is 0 Å². The van der Waals surface area contributed by atoms with Gasteiger partial charge in [-0.3, -0.25) is 14.8 Å². The zero-order valence-corrected chi connectivity index (χ0v) is 46.4. The molecule has 11 aromatic rings. The molecule has 0 aliphatic heterocycles. The Bertz CT molecular complexity index is 3600. The van der Waals surface area contributed by atoms with E-state index in [4.69, 9.17) is 32.9 Å². The Hall–Kier alpha value is -8.04. The maximum absolute atomic E-state index is 16.6. The van der Waals surface area contributed by atoms with Gasteiger partial charge >= 0.3 is 0 Å². The first-order valence-electron chi connectivity index (χ1n) is 23.2. The van der Waals surface area contributed by atoms with Crippen LogP contribution in [0.15, 0.2) is 230 Å². The first-order valence-corrected chi connectivity index (χ1v) is 28.9. The van der Waals surface area contributed by atoms with Gasteiger partial charge in [-0.15, -0.1) is 11.3 Å². The topological polar surface area (TPSA) is 207 Å². The van der Waals surface area contributed by atoms with Crippen LogP contribution < -0.4 is 43.4 Å². The zero-order chi connectivity index (χ0) is 52.8. The van der Waals surface area contributed by atoms with Gasteiger partial charge in [0.2, 0.25) is 9.84 Å². The van der Waals surface area contributed by atoms with Crippen molar-refractivity contribution in [1.29, 1.82) is 0 Å². The molecule has 0 fully saturated rings. The van der Waals surface area contributed by atoms with E-state index in [-0.39, 0.29) is 21.4 Å². The molecule has 0 saturated heterocycles. The van der Waals surface area contributed by atoms with E-state index in [2.05, 4.69) is 47.5 Å². The Morgan fingerprint density at radius 2 is 0.868 bits per heavy atom. The molecule has 0 spiro atoms. The number of para-hydroxylation sites is 2. The predicted molar refractivity (Wildman–Crippen MR) is 325 cm³/mol. The fourth-order valence-corrected chi connectivity index (χ4v) is 12.5. The Morgan fingerprint density at radius 1 is 0.474 bits per heavy atom. The normalized spacial score (nSPS) is 11.1. The fourth-order valence-electron chi connectivity index (χ4n) is 8.11. The highest BCUT2D eigenvalue weighted by Gasteiger charge is 2.34. The lowest BCUT2D eigenvalue weighted by atomic mass is 10.0. The fraction of sp³-hybridized carbons (Fsp3) is 0. The van der Waals surface area contributed by atoms with Crippen LogP contribution in [0.3, 0.4) is 0 Å². The number of nitrogen functional groups attached to an aromatic ring is 4. The average molecular weight is 1200 g/mol. The Balaban J connectivity index is 0.00000124. The number of nitrogens with zero attached hydrogens (tertiary/aromatic N) is 5. The first kappa shape index (κ1) is 51.4. The molecule has 378 valence electrons. The van der Waals surface area contributed by atoms with Crippen molar-refractivity contribution in [2.75, 3.05) is 43.4 Å². The van der Waals surface area contributed by atoms with Crippen LogP contribution in [0.5, 0.6) is 0 Å². The maximum Gasteiger partial charge on any atom is 0.210 e. The molecule has 0 aliphatic rings. The highest BCUT2D eigenvalue weighted by molar-refractivity contribution is 9.10. The van der Waals surface area contributed by atoms with Gasteiger partial charge in [0.15, 0.2) is 21.9 Å². The van der Waals surface area contributed by atoms with Gasteiger partial charge < -0.3 is 33.6 Å². The number of rotatable bonds is 14. The summed E-state index contributed by atoms with van der Waals surface area (Å²) in [7, 11) is -4.62. The van der Waals surface area contributed by atoms with E-state index in [1.807, 2.05) is 173 Å². The molecular weight excluding hydrogens is 1160 g/mol. The molecule has 3 aromatic heterocycles. The highest BCUT2D eigenvalue weighted by atomic mass is 79.9. The summed E-state index contributed by atoms with van der Waals surface area (Å²) in [5, 5.41) is 10.6. The minimum atomic E-state index is -4.62. The van der Waals surface area contributed by atoms with Crippen LogP contribution in [0.4, 0.5) is 77.4 Å². The summed E-state index contributed by atoms with van der Waals surface area (Å²) in [5.74, 6) is 0.359. The predicted octanol–water partition coefficient (Wildman–Crippen LogP) is 16.2. The van der Waals surface area contributed by atoms with Gasteiger partial charge in [-0.05, 0) is 144 Å².